The van der Waals surface area contributed by atoms with Crippen LogP contribution in [0.3, 0.4) is 0 Å². The number of carbonyl (C=O) groups excluding carboxylic acids is 1. The van der Waals surface area contributed by atoms with Crippen LogP contribution in [0.15, 0.2) is 45.5 Å². The number of benzene rings is 1. The molecule has 2 heterocycles. The molecule has 1 aliphatic rings. The molecular weight excluding hydrogens is 320 g/mol. The van der Waals surface area contributed by atoms with E-state index >= 15 is 0 Å². The van der Waals surface area contributed by atoms with Crippen molar-refractivity contribution in [2.24, 2.45) is 0 Å². The molecule has 1 N–H and O–H groups in total. The van der Waals surface area contributed by atoms with Crippen LogP contribution in [-0.4, -0.2) is 12.5 Å². The SMILES string of the molecule is O=C1CCCN1c1cccc(NCc2ccc(Br)o2)c1. The molecule has 0 atom stereocenters. The minimum absolute atomic E-state index is 0.206. The van der Waals surface area contributed by atoms with Crippen molar-refractivity contribution in [1.82, 2.24) is 0 Å². The summed E-state index contributed by atoms with van der Waals surface area (Å²) in [6.45, 7) is 1.43. The maximum absolute atomic E-state index is 11.8. The second-order valence-electron chi connectivity index (χ2n) is 4.76. The molecule has 20 heavy (non-hydrogen) atoms. The van der Waals surface area contributed by atoms with Crippen molar-refractivity contribution in [2.45, 2.75) is 19.4 Å². The standard InChI is InChI=1S/C15H15BrN2O2/c16-14-7-6-13(20-14)10-17-11-3-1-4-12(9-11)18-8-2-5-15(18)19/h1,3-4,6-7,9,17H,2,5,8,10H2. The lowest BCUT2D eigenvalue weighted by molar-refractivity contribution is -0.117. The van der Waals surface area contributed by atoms with Crippen molar-refractivity contribution in [3.8, 4) is 0 Å². The van der Waals surface area contributed by atoms with Crippen molar-refractivity contribution in [2.75, 3.05) is 16.8 Å². The molecule has 0 bridgehead atoms. The quantitative estimate of drug-likeness (QED) is 0.925. The number of hydrogen-bond donors (Lipinski definition) is 1. The molecular formula is C15H15BrN2O2. The van der Waals surface area contributed by atoms with Gasteiger partial charge in [0.05, 0.1) is 6.54 Å². The van der Waals surface area contributed by atoms with Crippen LogP contribution in [-0.2, 0) is 11.3 Å². The van der Waals surface area contributed by atoms with Crippen molar-refractivity contribution in [3.63, 3.8) is 0 Å². The summed E-state index contributed by atoms with van der Waals surface area (Å²) in [6.07, 6.45) is 1.59. The Hall–Kier alpha value is -1.75. The van der Waals surface area contributed by atoms with Crippen LogP contribution in [0.25, 0.3) is 0 Å². The Bertz CT molecular complexity index is 624. The van der Waals surface area contributed by atoms with Crippen LogP contribution in [0.1, 0.15) is 18.6 Å². The van der Waals surface area contributed by atoms with Gasteiger partial charge in [-0.15, -0.1) is 0 Å². The molecule has 1 aliphatic heterocycles. The van der Waals surface area contributed by atoms with E-state index in [2.05, 4.69) is 21.2 Å². The lowest BCUT2D eigenvalue weighted by Gasteiger charge is -2.16. The second-order valence-corrected chi connectivity index (χ2v) is 5.54. The summed E-state index contributed by atoms with van der Waals surface area (Å²) in [6, 6.07) is 11.7. The van der Waals surface area contributed by atoms with E-state index in [0.717, 1.165) is 34.8 Å². The van der Waals surface area contributed by atoms with Gasteiger partial charge in [0.25, 0.3) is 0 Å². The van der Waals surface area contributed by atoms with Gasteiger partial charge < -0.3 is 14.6 Å². The van der Waals surface area contributed by atoms with Crippen LogP contribution in [0.5, 0.6) is 0 Å². The van der Waals surface area contributed by atoms with Gasteiger partial charge in [-0.05, 0) is 52.7 Å². The Labute approximate surface area is 125 Å². The number of anilines is 2. The Balaban J connectivity index is 1.69. The zero-order valence-electron chi connectivity index (χ0n) is 10.9. The molecule has 104 valence electrons. The van der Waals surface area contributed by atoms with Crippen molar-refractivity contribution in [1.29, 1.82) is 0 Å². The molecule has 0 spiro atoms. The van der Waals surface area contributed by atoms with E-state index in [4.69, 9.17) is 4.42 Å². The molecule has 0 radical (unpaired) electrons. The molecule has 4 nitrogen and oxygen atoms in total. The first kappa shape index (κ1) is 13.2. The van der Waals surface area contributed by atoms with Gasteiger partial charge >= 0.3 is 0 Å². The van der Waals surface area contributed by atoms with Crippen LogP contribution in [0, 0.1) is 0 Å². The van der Waals surface area contributed by atoms with E-state index in [1.54, 1.807) is 0 Å². The molecule has 1 aromatic heterocycles. The van der Waals surface area contributed by atoms with Gasteiger partial charge in [-0.1, -0.05) is 6.07 Å². The molecule has 1 saturated heterocycles. The fourth-order valence-corrected chi connectivity index (χ4v) is 2.68. The fourth-order valence-electron chi connectivity index (χ4n) is 2.34. The Kier molecular flexibility index (Phi) is 3.78. The van der Waals surface area contributed by atoms with Gasteiger partial charge in [-0.3, -0.25) is 4.79 Å². The topological polar surface area (TPSA) is 45.5 Å². The molecule has 0 saturated carbocycles. The third kappa shape index (κ3) is 2.88. The summed E-state index contributed by atoms with van der Waals surface area (Å²) in [5.74, 6) is 1.07. The number of carbonyl (C=O) groups is 1. The first-order valence-corrected chi connectivity index (χ1v) is 7.40. The molecule has 1 amide bonds. The molecule has 0 unspecified atom stereocenters. The van der Waals surface area contributed by atoms with Gasteiger partial charge in [-0.25, -0.2) is 0 Å². The van der Waals surface area contributed by atoms with E-state index < -0.39 is 0 Å². The molecule has 1 fully saturated rings. The van der Waals surface area contributed by atoms with Crippen molar-refractivity contribution < 1.29 is 9.21 Å². The largest absolute Gasteiger partial charge is 0.452 e. The summed E-state index contributed by atoms with van der Waals surface area (Å²) in [5, 5.41) is 3.30. The Morgan fingerprint density at radius 2 is 2.20 bits per heavy atom. The maximum atomic E-state index is 11.8. The van der Waals surface area contributed by atoms with E-state index in [1.807, 2.05) is 41.3 Å². The van der Waals surface area contributed by atoms with Gasteiger partial charge in [0.1, 0.15) is 5.76 Å². The zero-order valence-corrected chi connectivity index (χ0v) is 12.5. The molecule has 5 heteroatoms. The maximum Gasteiger partial charge on any atom is 0.227 e. The fraction of sp³-hybridized carbons (Fsp3) is 0.267. The third-order valence-electron chi connectivity index (χ3n) is 3.33. The molecule has 1 aromatic carbocycles. The van der Waals surface area contributed by atoms with Crippen LogP contribution in [0.4, 0.5) is 11.4 Å². The van der Waals surface area contributed by atoms with Crippen LogP contribution < -0.4 is 10.2 Å². The number of furan rings is 1. The predicted octanol–water partition coefficient (Wildman–Crippen LogP) is 3.78. The Morgan fingerprint density at radius 3 is 2.90 bits per heavy atom. The van der Waals surface area contributed by atoms with E-state index in [0.29, 0.717) is 13.0 Å². The lowest BCUT2D eigenvalue weighted by Crippen LogP contribution is -2.23. The minimum atomic E-state index is 0.206. The van der Waals surface area contributed by atoms with Crippen LogP contribution in [0.2, 0.25) is 0 Å². The minimum Gasteiger partial charge on any atom is -0.452 e. The average molecular weight is 335 g/mol. The van der Waals surface area contributed by atoms with Crippen LogP contribution >= 0.6 is 15.9 Å². The molecule has 3 rings (SSSR count). The summed E-state index contributed by atoms with van der Waals surface area (Å²) >= 11 is 3.28. The molecule has 2 aromatic rings. The zero-order chi connectivity index (χ0) is 13.9. The summed E-state index contributed by atoms with van der Waals surface area (Å²) < 4.78 is 6.17. The van der Waals surface area contributed by atoms with Crippen molar-refractivity contribution in [3.05, 3.63) is 46.8 Å². The second kappa shape index (κ2) is 5.71. The van der Waals surface area contributed by atoms with E-state index in [-0.39, 0.29) is 5.91 Å². The number of nitrogens with zero attached hydrogens (tertiary/aromatic N) is 1. The highest BCUT2D eigenvalue weighted by atomic mass is 79.9. The first-order chi connectivity index (χ1) is 9.72. The predicted molar refractivity (Wildman–Crippen MR) is 81.8 cm³/mol. The van der Waals surface area contributed by atoms with Gasteiger partial charge in [0, 0.05) is 24.3 Å². The number of nitrogens with one attached hydrogen (secondary N) is 1. The number of hydrogen-bond acceptors (Lipinski definition) is 3. The van der Waals surface area contributed by atoms with E-state index in [1.165, 1.54) is 0 Å². The van der Waals surface area contributed by atoms with Gasteiger partial charge in [0.2, 0.25) is 5.91 Å². The van der Waals surface area contributed by atoms with Gasteiger partial charge in [-0.2, -0.15) is 0 Å². The highest BCUT2D eigenvalue weighted by Gasteiger charge is 2.21. The monoisotopic (exact) mass is 334 g/mol. The van der Waals surface area contributed by atoms with Crippen molar-refractivity contribution >= 4 is 33.2 Å². The van der Waals surface area contributed by atoms with E-state index in [9.17, 15) is 4.79 Å². The summed E-state index contributed by atoms with van der Waals surface area (Å²) in [4.78, 5) is 13.6. The number of amides is 1. The third-order valence-corrected chi connectivity index (χ3v) is 3.75. The Morgan fingerprint density at radius 1 is 1.30 bits per heavy atom. The molecule has 0 aliphatic carbocycles. The first-order valence-electron chi connectivity index (χ1n) is 6.61. The number of rotatable bonds is 4. The normalized spacial score (nSPS) is 14.8. The highest BCUT2D eigenvalue weighted by molar-refractivity contribution is 9.10. The summed E-state index contributed by atoms with van der Waals surface area (Å²) in [5.41, 5.74) is 1.94. The highest BCUT2D eigenvalue weighted by Crippen LogP contribution is 2.24. The average Bonchev–Trinajstić information content (AvgIpc) is 3.05. The number of halogens is 1. The lowest BCUT2D eigenvalue weighted by atomic mass is 10.2. The van der Waals surface area contributed by atoms with Gasteiger partial charge in [0.15, 0.2) is 4.67 Å². The summed E-state index contributed by atoms with van der Waals surface area (Å²) in [7, 11) is 0. The smallest absolute Gasteiger partial charge is 0.227 e.